The van der Waals surface area contributed by atoms with Crippen molar-refractivity contribution in [1.82, 2.24) is 0 Å². The standard InChI is InChI=1S/C11H17N3O.HI/c1-2-15-8-10-6-4-3-5-9(10)7-14-11(12)13;/h3-6H,2,7-8H2,1H3,(H4,12,13,14);1H. The lowest BCUT2D eigenvalue weighted by Gasteiger charge is -2.07. The topological polar surface area (TPSA) is 73.6 Å². The predicted molar refractivity (Wildman–Crippen MR) is 76.7 cm³/mol. The summed E-state index contributed by atoms with van der Waals surface area (Å²) in [5.74, 6) is 0.112. The summed E-state index contributed by atoms with van der Waals surface area (Å²) in [5, 5.41) is 0. The first-order valence-electron chi connectivity index (χ1n) is 4.94. The van der Waals surface area contributed by atoms with Gasteiger partial charge in [0.25, 0.3) is 0 Å². The van der Waals surface area contributed by atoms with Crippen LogP contribution in [-0.4, -0.2) is 12.6 Å². The number of guanidine groups is 1. The normalized spacial score (nSPS) is 9.31. The maximum atomic E-state index is 5.36. The van der Waals surface area contributed by atoms with Crippen molar-refractivity contribution in [2.24, 2.45) is 16.5 Å². The quantitative estimate of drug-likeness (QED) is 0.488. The molecular formula is C11H18IN3O. The Morgan fingerprint density at radius 2 is 1.88 bits per heavy atom. The minimum atomic E-state index is 0. The van der Waals surface area contributed by atoms with E-state index in [-0.39, 0.29) is 29.9 Å². The lowest BCUT2D eigenvalue weighted by molar-refractivity contribution is 0.133. The Morgan fingerprint density at radius 3 is 2.44 bits per heavy atom. The van der Waals surface area contributed by atoms with Gasteiger partial charge in [0.2, 0.25) is 0 Å². The lowest BCUT2D eigenvalue weighted by Crippen LogP contribution is -2.22. The summed E-state index contributed by atoms with van der Waals surface area (Å²) in [4.78, 5) is 3.98. The van der Waals surface area contributed by atoms with Crippen molar-refractivity contribution in [3.05, 3.63) is 35.4 Å². The highest BCUT2D eigenvalue weighted by molar-refractivity contribution is 14.0. The summed E-state index contributed by atoms with van der Waals surface area (Å²) < 4.78 is 5.36. The highest BCUT2D eigenvalue weighted by Crippen LogP contribution is 2.11. The molecule has 0 saturated heterocycles. The van der Waals surface area contributed by atoms with Crippen molar-refractivity contribution in [3.8, 4) is 0 Å². The molecule has 0 aliphatic heterocycles. The zero-order valence-corrected chi connectivity index (χ0v) is 11.7. The first-order valence-corrected chi connectivity index (χ1v) is 4.94. The number of benzene rings is 1. The molecular weight excluding hydrogens is 317 g/mol. The summed E-state index contributed by atoms with van der Waals surface area (Å²) in [6, 6.07) is 7.97. The second-order valence-corrected chi connectivity index (χ2v) is 3.15. The minimum Gasteiger partial charge on any atom is -0.377 e. The van der Waals surface area contributed by atoms with Crippen LogP contribution < -0.4 is 11.5 Å². The van der Waals surface area contributed by atoms with Gasteiger partial charge in [0.05, 0.1) is 13.2 Å². The summed E-state index contributed by atoms with van der Waals surface area (Å²) in [7, 11) is 0. The van der Waals surface area contributed by atoms with Crippen LogP contribution in [0.15, 0.2) is 29.3 Å². The van der Waals surface area contributed by atoms with Crippen LogP contribution >= 0.6 is 24.0 Å². The van der Waals surface area contributed by atoms with Gasteiger partial charge in [-0.25, -0.2) is 4.99 Å². The van der Waals surface area contributed by atoms with E-state index in [4.69, 9.17) is 16.2 Å². The molecule has 0 aliphatic rings. The third kappa shape index (κ3) is 5.32. The van der Waals surface area contributed by atoms with Crippen molar-refractivity contribution in [2.45, 2.75) is 20.1 Å². The first kappa shape index (κ1) is 15.2. The minimum absolute atomic E-state index is 0. The second-order valence-electron chi connectivity index (χ2n) is 3.15. The predicted octanol–water partition coefficient (Wildman–Crippen LogP) is 1.61. The van der Waals surface area contributed by atoms with Gasteiger partial charge in [-0.05, 0) is 18.1 Å². The van der Waals surface area contributed by atoms with E-state index in [2.05, 4.69) is 4.99 Å². The van der Waals surface area contributed by atoms with E-state index >= 15 is 0 Å². The summed E-state index contributed by atoms with van der Waals surface area (Å²) in [6.07, 6.45) is 0. The van der Waals surface area contributed by atoms with E-state index < -0.39 is 0 Å². The van der Waals surface area contributed by atoms with Gasteiger partial charge in [0, 0.05) is 6.61 Å². The Bertz CT molecular complexity index is 338. The number of hydrogen-bond acceptors (Lipinski definition) is 2. The molecule has 0 fully saturated rings. The van der Waals surface area contributed by atoms with Crippen molar-refractivity contribution < 1.29 is 4.74 Å². The molecule has 90 valence electrons. The molecule has 0 radical (unpaired) electrons. The van der Waals surface area contributed by atoms with Gasteiger partial charge in [-0.15, -0.1) is 24.0 Å². The van der Waals surface area contributed by atoms with Crippen LogP contribution in [0.1, 0.15) is 18.1 Å². The third-order valence-electron chi connectivity index (χ3n) is 2.01. The molecule has 0 atom stereocenters. The molecule has 0 amide bonds. The Hall–Kier alpha value is -0.820. The monoisotopic (exact) mass is 335 g/mol. The fraction of sp³-hybridized carbons (Fsp3) is 0.364. The molecule has 1 aromatic rings. The van der Waals surface area contributed by atoms with Crippen molar-refractivity contribution in [2.75, 3.05) is 6.61 Å². The lowest BCUT2D eigenvalue weighted by atomic mass is 10.1. The van der Waals surface area contributed by atoms with Crippen LogP contribution in [0.3, 0.4) is 0 Å². The zero-order valence-electron chi connectivity index (χ0n) is 9.35. The highest BCUT2D eigenvalue weighted by atomic mass is 127. The third-order valence-corrected chi connectivity index (χ3v) is 2.01. The smallest absolute Gasteiger partial charge is 0.186 e. The largest absolute Gasteiger partial charge is 0.377 e. The fourth-order valence-electron chi connectivity index (χ4n) is 1.24. The van der Waals surface area contributed by atoms with Crippen LogP contribution in [0.25, 0.3) is 0 Å². The number of hydrogen-bond donors (Lipinski definition) is 2. The summed E-state index contributed by atoms with van der Waals surface area (Å²) in [6.45, 7) is 3.79. The molecule has 0 heterocycles. The molecule has 0 saturated carbocycles. The molecule has 0 unspecified atom stereocenters. The average molecular weight is 335 g/mol. The molecule has 4 N–H and O–H groups in total. The van der Waals surface area contributed by atoms with Gasteiger partial charge < -0.3 is 16.2 Å². The Balaban J connectivity index is 0.00000225. The maximum Gasteiger partial charge on any atom is 0.186 e. The van der Waals surface area contributed by atoms with Crippen LogP contribution in [0, 0.1) is 0 Å². The first-order chi connectivity index (χ1) is 7.24. The van der Waals surface area contributed by atoms with E-state index in [1.54, 1.807) is 0 Å². The van der Waals surface area contributed by atoms with Crippen LogP contribution in [-0.2, 0) is 17.9 Å². The molecule has 5 heteroatoms. The van der Waals surface area contributed by atoms with Crippen LogP contribution in [0.2, 0.25) is 0 Å². The second kappa shape index (κ2) is 8.35. The molecule has 4 nitrogen and oxygen atoms in total. The van der Waals surface area contributed by atoms with E-state index in [9.17, 15) is 0 Å². The van der Waals surface area contributed by atoms with Gasteiger partial charge in [-0.2, -0.15) is 0 Å². The van der Waals surface area contributed by atoms with Gasteiger partial charge >= 0.3 is 0 Å². The molecule has 1 rings (SSSR count). The number of nitrogens with two attached hydrogens (primary N) is 2. The number of rotatable bonds is 5. The Labute approximate surface area is 113 Å². The number of ether oxygens (including phenoxy) is 1. The number of nitrogens with zero attached hydrogens (tertiary/aromatic N) is 1. The molecule has 0 aliphatic carbocycles. The molecule has 0 spiro atoms. The van der Waals surface area contributed by atoms with Gasteiger partial charge in [0.1, 0.15) is 0 Å². The van der Waals surface area contributed by atoms with Gasteiger partial charge in [-0.1, -0.05) is 24.3 Å². The van der Waals surface area contributed by atoms with Crippen molar-refractivity contribution >= 4 is 29.9 Å². The number of halogens is 1. The summed E-state index contributed by atoms with van der Waals surface area (Å²) >= 11 is 0. The Kier molecular flexibility index (Phi) is 7.92. The molecule has 1 aromatic carbocycles. The van der Waals surface area contributed by atoms with Crippen LogP contribution in [0.5, 0.6) is 0 Å². The van der Waals surface area contributed by atoms with Gasteiger partial charge in [-0.3, -0.25) is 0 Å². The van der Waals surface area contributed by atoms with Gasteiger partial charge in [0.15, 0.2) is 5.96 Å². The number of aliphatic imine (C=N–C) groups is 1. The molecule has 0 aromatic heterocycles. The van der Waals surface area contributed by atoms with Crippen LogP contribution in [0.4, 0.5) is 0 Å². The maximum absolute atomic E-state index is 5.36. The SMILES string of the molecule is CCOCc1ccccc1CN=C(N)N.I. The molecule has 0 bridgehead atoms. The fourth-order valence-corrected chi connectivity index (χ4v) is 1.24. The van der Waals surface area contributed by atoms with E-state index in [0.29, 0.717) is 19.8 Å². The van der Waals surface area contributed by atoms with Crippen molar-refractivity contribution in [3.63, 3.8) is 0 Å². The van der Waals surface area contributed by atoms with E-state index in [1.165, 1.54) is 0 Å². The van der Waals surface area contributed by atoms with E-state index in [1.807, 2.05) is 31.2 Å². The zero-order chi connectivity index (χ0) is 11.1. The highest BCUT2D eigenvalue weighted by Gasteiger charge is 2.00. The summed E-state index contributed by atoms with van der Waals surface area (Å²) in [5.41, 5.74) is 12.8. The molecule has 16 heavy (non-hydrogen) atoms. The van der Waals surface area contributed by atoms with E-state index in [0.717, 1.165) is 11.1 Å². The van der Waals surface area contributed by atoms with Crippen molar-refractivity contribution in [1.29, 1.82) is 0 Å². The average Bonchev–Trinajstić information content (AvgIpc) is 2.24. The Morgan fingerprint density at radius 1 is 1.25 bits per heavy atom.